The SMILES string of the molecule is O=C1N(C2CCSCC2)C(c2cccc(F)c2)NC12CC2. The summed E-state index contributed by atoms with van der Waals surface area (Å²) in [6.45, 7) is 0. The second-order valence-electron chi connectivity index (χ2n) is 6.24. The van der Waals surface area contributed by atoms with Crippen molar-refractivity contribution in [2.45, 2.75) is 43.4 Å². The highest BCUT2D eigenvalue weighted by atomic mass is 32.2. The van der Waals surface area contributed by atoms with Crippen molar-refractivity contribution in [3.8, 4) is 0 Å². The van der Waals surface area contributed by atoms with Gasteiger partial charge in [0.15, 0.2) is 0 Å². The van der Waals surface area contributed by atoms with Crippen LogP contribution in [0, 0.1) is 5.82 Å². The molecule has 2 aliphatic heterocycles. The summed E-state index contributed by atoms with van der Waals surface area (Å²) in [4.78, 5) is 14.8. The number of benzene rings is 1. The van der Waals surface area contributed by atoms with Crippen molar-refractivity contribution in [1.82, 2.24) is 10.2 Å². The third-order valence-corrected chi connectivity index (χ3v) is 5.88. The van der Waals surface area contributed by atoms with E-state index in [9.17, 15) is 9.18 Å². The van der Waals surface area contributed by atoms with Gasteiger partial charge in [0, 0.05) is 6.04 Å². The zero-order valence-corrected chi connectivity index (χ0v) is 12.7. The molecule has 1 unspecified atom stereocenters. The lowest BCUT2D eigenvalue weighted by molar-refractivity contribution is -0.133. The minimum Gasteiger partial charge on any atom is -0.318 e. The molecule has 0 bridgehead atoms. The number of carbonyl (C=O) groups is 1. The molecule has 1 aromatic carbocycles. The molecule has 3 fully saturated rings. The van der Waals surface area contributed by atoms with Crippen LogP contribution >= 0.6 is 11.8 Å². The molecule has 3 aliphatic rings. The van der Waals surface area contributed by atoms with Gasteiger partial charge < -0.3 is 4.90 Å². The molecule has 3 nitrogen and oxygen atoms in total. The summed E-state index contributed by atoms with van der Waals surface area (Å²) in [6.07, 6.45) is 3.74. The fraction of sp³-hybridized carbons (Fsp3) is 0.562. The highest BCUT2D eigenvalue weighted by Crippen LogP contribution is 2.47. The van der Waals surface area contributed by atoms with Gasteiger partial charge in [0.05, 0.1) is 0 Å². The summed E-state index contributed by atoms with van der Waals surface area (Å²) >= 11 is 1.96. The maximum absolute atomic E-state index is 13.6. The number of amides is 1. The van der Waals surface area contributed by atoms with Crippen molar-refractivity contribution in [1.29, 1.82) is 0 Å². The summed E-state index contributed by atoms with van der Waals surface area (Å²) in [7, 11) is 0. The van der Waals surface area contributed by atoms with E-state index in [2.05, 4.69) is 5.32 Å². The van der Waals surface area contributed by atoms with Crippen LogP contribution in [-0.2, 0) is 4.79 Å². The van der Waals surface area contributed by atoms with Crippen LogP contribution < -0.4 is 5.32 Å². The van der Waals surface area contributed by atoms with E-state index in [-0.39, 0.29) is 23.4 Å². The topological polar surface area (TPSA) is 32.3 Å². The van der Waals surface area contributed by atoms with Crippen LogP contribution in [0.5, 0.6) is 0 Å². The zero-order chi connectivity index (χ0) is 14.4. The van der Waals surface area contributed by atoms with Crippen molar-refractivity contribution >= 4 is 17.7 Å². The molecule has 5 heteroatoms. The highest BCUT2D eigenvalue weighted by Gasteiger charge is 2.60. The molecule has 1 amide bonds. The minimum absolute atomic E-state index is 0.163. The van der Waals surface area contributed by atoms with Gasteiger partial charge in [-0.15, -0.1) is 0 Å². The van der Waals surface area contributed by atoms with Crippen molar-refractivity contribution in [2.75, 3.05) is 11.5 Å². The van der Waals surface area contributed by atoms with Gasteiger partial charge in [-0.3, -0.25) is 10.1 Å². The molecular formula is C16H19FN2OS. The first-order valence-corrected chi connectivity index (χ1v) is 8.79. The first kappa shape index (κ1) is 13.6. The molecule has 1 N–H and O–H groups in total. The van der Waals surface area contributed by atoms with Crippen LogP contribution in [0.2, 0.25) is 0 Å². The van der Waals surface area contributed by atoms with Gasteiger partial charge in [0.2, 0.25) is 5.91 Å². The number of carbonyl (C=O) groups excluding carboxylic acids is 1. The number of nitrogens with zero attached hydrogens (tertiary/aromatic N) is 1. The fourth-order valence-corrected chi connectivity index (χ4v) is 4.58. The van der Waals surface area contributed by atoms with Gasteiger partial charge >= 0.3 is 0 Å². The smallest absolute Gasteiger partial charge is 0.244 e. The Bertz CT molecular complexity index is 569. The molecule has 0 aromatic heterocycles. The first-order valence-electron chi connectivity index (χ1n) is 7.63. The van der Waals surface area contributed by atoms with Gasteiger partial charge in [-0.2, -0.15) is 11.8 Å². The van der Waals surface area contributed by atoms with E-state index in [1.165, 1.54) is 6.07 Å². The Kier molecular flexibility index (Phi) is 3.23. The molecular weight excluding hydrogens is 287 g/mol. The Hall–Kier alpha value is -1.07. The van der Waals surface area contributed by atoms with Crippen molar-refractivity contribution in [2.24, 2.45) is 0 Å². The lowest BCUT2D eigenvalue weighted by Gasteiger charge is -2.35. The Morgan fingerprint density at radius 3 is 2.71 bits per heavy atom. The van der Waals surface area contributed by atoms with Gasteiger partial charge in [-0.1, -0.05) is 12.1 Å². The molecule has 1 saturated carbocycles. The highest BCUT2D eigenvalue weighted by molar-refractivity contribution is 7.99. The van der Waals surface area contributed by atoms with Gasteiger partial charge in [-0.05, 0) is 54.9 Å². The van der Waals surface area contributed by atoms with E-state index < -0.39 is 0 Å². The Morgan fingerprint density at radius 2 is 2.05 bits per heavy atom. The van der Waals surface area contributed by atoms with E-state index in [4.69, 9.17) is 0 Å². The predicted octanol–water partition coefficient (Wildman–Crippen LogP) is 2.68. The fourth-order valence-electron chi connectivity index (χ4n) is 3.50. The van der Waals surface area contributed by atoms with Crippen molar-refractivity contribution < 1.29 is 9.18 Å². The van der Waals surface area contributed by atoms with Gasteiger partial charge in [0.25, 0.3) is 0 Å². The number of rotatable bonds is 2. The second kappa shape index (κ2) is 4.99. The Balaban J connectivity index is 1.68. The minimum atomic E-state index is -0.346. The molecule has 1 aliphatic carbocycles. The zero-order valence-electron chi connectivity index (χ0n) is 11.8. The van der Waals surface area contributed by atoms with E-state index in [1.807, 2.05) is 22.7 Å². The maximum atomic E-state index is 13.6. The number of halogens is 1. The number of hydrogen-bond donors (Lipinski definition) is 1. The Morgan fingerprint density at radius 1 is 1.29 bits per heavy atom. The standard InChI is InChI=1S/C16H19FN2OS/c17-12-3-1-2-11(10-12)14-18-16(6-7-16)15(20)19(14)13-4-8-21-9-5-13/h1-3,10,13-14,18H,4-9H2. The van der Waals surface area contributed by atoms with Gasteiger partial charge in [-0.25, -0.2) is 4.39 Å². The predicted molar refractivity (Wildman–Crippen MR) is 81.4 cm³/mol. The molecule has 112 valence electrons. The number of thioether (sulfide) groups is 1. The van der Waals surface area contributed by atoms with Crippen LogP contribution in [0.15, 0.2) is 24.3 Å². The molecule has 2 saturated heterocycles. The third-order valence-electron chi connectivity index (χ3n) is 4.83. The average molecular weight is 306 g/mol. The molecule has 0 radical (unpaired) electrons. The lowest BCUT2D eigenvalue weighted by Crippen LogP contribution is -2.42. The molecule has 21 heavy (non-hydrogen) atoms. The third kappa shape index (κ3) is 2.27. The quantitative estimate of drug-likeness (QED) is 0.912. The van der Waals surface area contributed by atoms with E-state index in [0.717, 1.165) is 42.8 Å². The molecule has 2 heterocycles. The Labute approximate surface area is 128 Å². The van der Waals surface area contributed by atoms with Gasteiger partial charge in [0.1, 0.15) is 17.5 Å². The van der Waals surface area contributed by atoms with E-state index >= 15 is 0 Å². The molecule has 1 atom stereocenters. The first-order chi connectivity index (χ1) is 10.2. The van der Waals surface area contributed by atoms with E-state index in [0.29, 0.717) is 6.04 Å². The maximum Gasteiger partial charge on any atom is 0.244 e. The summed E-state index contributed by atoms with van der Waals surface area (Å²) in [5.74, 6) is 2.21. The molecule has 1 spiro atoms. The van der Waals surface area contributed by atoms with Crippen LogP contribution in [0.1, 0.15) is 37.4 Å². The lowest BCUT2D eigenvalue weighted by atomic mass is 10.1. The van der Waals surface area contributed by atoms with Crippen molar-refractivity contribution in [3.05, 3.63) is 35.6 Å². The molecule has 4 rings (SSSR count). The normalized spacial score (nSPS) is 28.3. The van der Waals surface area contributed by atoms with Crippen molar-refractivity contribution in [3.63, 3.8) is 0 Å². The second-order valence-corrected chi connectivity index (χ2v) is 7.46. The summed E-state index contributed by atoms with van der Waals surface area (Å²) in [5, 5.41) is 3.48. The van der Waals surface area contributed by atoms with E-state index in [1.54, 1.807) is 12.1 Å². The average Bonchev–Trinajstić information content (AvgIpc) is 3.22. The summed E-state index contributed by atoms with van der Waals surface area (Å²) < 4.78 is 13.6. The number of hydrogen-bond acceptors (Lipinski definition) is 3. The largest absolute Gasteiger partial charge is 0.318 e. The monoisotopic (exact) mass is 306 g/mol. The molecule has 1 aromatic rings. The van der Waals surface area contributed by atoms with Crippen LogP contribution in [0.25, 0.3) is 0 Å². The number of nitrogens with one attached hydrogen (secondary N) is 1. The van der Waals surface area contributed by atoms with Crippen LogP contribution in [-0.4, -0.2) is 33.9 Å². The van der Waals surface area contributed by atoms with Crippen LogP contribution in [0.4, 0.5) is 4.39 Å². The summed E-state index contributed by atoms with van der Waals surface area (Å²) in [6, 6.07) is 6.94. The van der Waals surface area contributed by atoms with Crippen LogP contribution in [0.3, 0.4) is 0 Å². The summed E-state index contributed by atoms with van der Waals surface area (Å²) in [5.41, 5.74) is 0.520.